The molecule has 1 heterocycles. The molecule has 0 saturated carbocycles. The molecule has 0 bridgehead atoms. The van der Waals surface area contributed by atoms with Crippen molar-refractivity contribution in [2.45, 2.75) is 27.3 Å². The number of ketones is 1. The molecular weight excluding hydrogens is 340 g/mol. The second kappa shape index (κ2) is 7.27. The second-order valence-corrected chi connectivity index (χ2v) is 7.54. The fraction of sp³-hybridized carbons (Fsp3) is 0.273. The van der Waals surface area contributed by atoms with Gasteiger partial charge in [0.1, 0.15) is 12.3 Å². The molecule has 0 unspecified atom stereocenters. The van der Waals surface area contributed by atoms with Crippen molar-refractivity contribution in [2.75, 3.05) is 12.4 Å². The van der Waals surface area contributed by atoms with Gasteiger partial charge < -0.3 is 14.6 Å². The van der Waals surface area contributed by atoms with Gasteiger partial charge in [-0.3, -0.25) is 9.59 Å². The van der Waals surface area contributed by atoms with E-state index in [0.29, 0.717) is 11.3 Å². The first-order chi connectivity index (χ1) is 12.8. The van der Waals surface area contributed by atoms with Crippen LogP contribution in [0.5, 0.6) is 5.75 Å². The number of amides is 1. The number of nitrogens with one attached hydrogen (secondary N) is 1. The number of anilines is 1. The Kier molecular flexibility index (Phi) is 5.04. The van der Waals surface area contributed by atoms with Crippen LogP contribution in [0.2, 0.25) is 0 Å². The molecule has 0 aliphatic rings. The van der Waals surface area contributed by atoms with E-state index in [-0.39, 0.29) is 18.2 Å². The lowest BCUT2D eigenvalue weighted by Gasteiger charge is -2.15. The first-order valence-corrected chi connectivity index (χ1v) is 8.86. The van der Waals surface area contributed by atoms with Crippen molar-refractivity contribution in [1.82, 2.24) is 4.57 Å². The van der Waals surface area contributed by atoms with Crippen LogP contribution < -0.4 is 10.1 Å². The van der Waals surface area contributed by atoms with Crippen molar-refractivity contribution >= 4 is 28.3 Å². The summed E-state index contributed by atoms with van der Waals surface area (Å²) in [4.78, 5) is 25.3. The van der Waals surface area contributed by atoms with Gasteiger partial charge in [-0.25, -0.2) is 0 Å². The molecule has 140 valence electrons. The van der Waals surface area contributed by atoms with Crippen LogP contribution in [-0.2, 0) is 11.3 Å². The molecule has 1 aromatic heterocycles. The van der Waals surface area contributed by atoms with Gasteiger partial charge in [-0.05, 0) is 30.3 Å². The van der Waals surface area contributed by atoms with Crippen molar-refractivity contribution in [3.8, 4) is 5.75 Å². The third-order valence-electron chi connectivity index (χ3n) is 4.40. The summed E-state index contributed by atoms with van der Waals surface area (Å²) in [5.41, 5.74) is 1.73. The number of aromatic nitrogens is 1. The van der Waals surface area contributed by atoms with E-state index < -0.39 is 5.41 Å². The quantitative estimate of drug-likeness (QED) is 0.677. The lowest BCUT2D eigenvalue weighted by atomic mass is 9.86. The largest absolute Gasteiger partial charge is 0.497 e. The number of carbonyl (C=O) groups excluding carboxylic acids is 2. The van der Waals surface area contributed by atoms with Gasteiger partial charge in [0, 0.05) is 33.8 Å². The smallest absolute Gasteiger partial charge is 0.244 e. The van der Waals surface area contributed by atoms with Crippen LogP contribution in [0.1, 0.15) is 31.1 Å². The molecular formula is C22H24N2O3. The van der Waals surface area contributed by atoms with Crippen LogP contribution in [0, 0.1) is 5.41 Å². The molecule has 3 rings (SSSR count). The predicted octanol–water partition coefficient (Wildman–Crippen LogP) is 4.52. The minimum Gasteiger partial charge on any atom is -0.497 e. The number of hydrogen-bond donors (Lipinski definition) is 1. The summed E-state index contributed by atoms with van der Waals surface area (Å²) in [6.07, 6.45) is 1.78. The average molecular weight is 364 g/mol. The van der Waals surface area contributed by atoms with Gasteiger partial charge in [0.2, 0.25) is 5.91 Å². The monoisotopic (exact) mass is 364 g/mol. The summed E-state index contributed by atoms with van der Waals surface area (Å²) in [6.45, 7) is 5.83. The topological polar surface area (TPSA) is 60.3 Å². The van der Waals surface area contributed by atoms with Crippen molar-refractivity contribution in [1.29, 1.82) is 0 Å². The zero-order valence-electron chi connectivity index (χ0n) is 16.1. The molecule has 3 aromatic rings. The number of fused-ring (bicyclic) bond motifs is 1. The molecule has 1 N–H and O–H groups in total. The van der Waals surface area contributed by atoms with Crippen molar-refractivity contribution in [2.24, 2.45) is 5.41 Å². The van der Waals surface area contributed by atoms with Crippen LogP contribution in [0.25, 0.3) is 10.9 Å². The summed E-state index contributed by atoms with van der Waals surface area (Å²) in [5, 5.41) is 3.74. The molecule has 27 heavy (non-hydrogen) atoms. The highest BCUT2D eigenvalue weighted by Gasteiger charge is 2.26. The van der Waals surface area contributed by atoms with E-state index in [1.54, 1.807) is 37.6 Å². The maximum atomic E-state index is 12.8. The normalized spacial score (nSPS) is 11.4. The summed E-state index contributed by atoms with van der Waals surface area (Å²) in [7, 11) is 1.60. The minimum absolute atomic E-state index is 0.0630. The summed E-state index contributed by atoms with van der Waals surface area (Å²) >= 11 is 0. The van der Waals surface area contributed by atoms with E-state index in [1.165, 1.54) is 0 Å². The van der Waals surface area contributed by atoms with Gasteiger partial charge >= 0.3 is 0 Å². The molecule has 0 radical (unpaired) electrons. The fourth-order valence-electron chi connectivity index (χ4n) is 2.99. The number of Topliss-reactive ketones (excluding diaryl/α,β-unsaturated/α-hetero) is 1. The van der Waals surface area contributed by atoms with Crippen LogP contribution >= 0.6 is 0 Å². The highest BCUT2D eigenvalue weighted by molar-refractivity contribution is 6.10. The summed E-state index contributed by atoms with van der Waals surface area (Å²) in [6, 6.07) is 14.8. The first kappa shape index (κ1) is 18.7. The van der Waals surface area contributed by atoms with E-state index in [4.69, 9.17) is 4.74 Å². The Labute approximate surface area is 158 Å². The zero-order chi connectivity index (χ0) is 19.6. The molecule has 0 spiro atoms. The molecule has 0 aliphatic heterocycles. The Hall–Kier alpha value is -3.08. The predicted molar refractivity (Wildman–Crippen MR) is 107 cm³/mol. The minimum atomic E-state index is -0.486. The molecule has 5 heteroatoms. The maximum absolute atomic E-state index is 12.8. The highest BCUT2D eigenvalue weighted by atomic mass is 16.5. The Bertz CT molecular complexity index is 979. The maximum Gasteiger partial charge on any atom is 0.244 e. The van der Waals surface area contributed by atoms with E-state index in [1.807, 2.05) is 49.6 Å². The van der Waals surface area contributed by atoms with E-state index in [2.05, 4.69) is 5.32 Å². The SMILES string of the molecule is COc1ccc(NC(=O)Cn2cc(C(=O)C(C)(C)C)c3ccccc32)cc1. The molecule has 0 saturated heterocycles. The summed E-state index contributed by atoms with van der Waals surface area (Å²) in [5.74, 6) is 0.637. The van der Waals surface area contributed by atoms with Crippen LogP contribution in [0.3, 0.4) is 0 Å². The van der Waals surface area contributed by atoms with Gasteiger partial charge in [0.05, 0.1) is 7.11 Å². The number of carbonyl (C=O) groups is 2. The van der Waals surface area contributed by atoms with E-state index in [9.17, 15) is 9.59 Å². The number of benzene rings is 2. The Morgan fingerprint density at radius 2 is 1.70 bits per heavy atom. The Morgan fingerprint density at radius 3 is 2.33 bits per heavy atom. The number of methoxy groups -OCH3 is 1. The van der Waals surface area contributed by atoms with Gasteiger partial charge in [0.15, 0.2) is 5.78 Å². The Balaban J connectivity index is 1.86. The van der Waals surface area contributed by atoms with Gasteiger partial charge in [-0.15, -0.1) is 0 Å². The number of hydrogen-bond acceptors (Lipinski definition) is 3. The lowest BCUT2D eigenvalue weighted by molar-refractivity contribution is -0.116. The van der Waals surface area contributed by atoms with Crippen molar-refractivity contribution in [3.63, 3.8) is 0 Å². The van der Waals surface area contributed by atoms with Crippen molar-refractivity contribution < 1.29 is 14.3 Å². The standard InChI is InChI=1S/C22H24N2O3/c1-22(2,3)21(26)18-13-24(19-8-6-5-7-17(18)19)14-20(25)23-15-9-11-16(27-4)12-10-15/h5-13H,14H2,1-4H3,(H,23,25). The van der Waals surface area contributed by atoms with Gasteiger partial charge in [0.25, 0.3) is 0 Å². The fourth-order valence-corrected chi connectivity index (χ4v) is 2.99. The molecule has 0 atom stereocenters. The number of nitrogens with zero attached hydrogens (tertiary/aromatic N) is 1. The molecule has 5 nitrogen and oxygen atoms in total. The van der Waals surface area contributed by atoms with Gasteiger partial charge in [-0.2, -0.15) is 0 Å². The molecule has 2 aromatic carbocycles. The van der Waals surface area contributed by atoms with Crippen LogP contribution in [0.4, 0.5) is 5.69 Å². The Morgan fingerprint density at radius 1 is 1.04 bits per heavy atom. The summed E-state index contributed by atoms with van der Waals surface area (Å²) < 4.78 is 6.95. The van der Waals surface area contributed by atoms with Crippen LogP contribution in [0.15, 0.2) is 54.7 Å². The molecule has 1 amide bonds. The number of rotatable bonds is 5. The number of para-hydroxylation sites is 1. The highest BCUT2D eigenvalue weighted by Crippen LogP contribution is 2.28. The first-order valence-electron chi connectivity index (χ1n) is 8.86. The third-order valence-corrected chi connectivity index (χ3v) is 4.40. The van der Waals surface area contributed by atoms with Gasteiger partial charge in [-0.1, -0.05) is 39.0 Å². The third kappa shape index (κ3) is 4.03. The van der Waals surface area contributed by atoms with E-state index >= 15 is 0 Å². The number of ether oxygens (including phenoxy) is 1. The average Bonchev–Trinajstić information content (AvgIpc) is 2.99. The second-order valence-electron chi connectivity index (χ2n) is 7.54. The lowest BCUT2D eigenvalue weighted by Crippen LogP contribution is -2.20. The van der Waals surface area contributed by atoms with Crippen molar-refractivity contribution in [3.05, 3.63) is 60.3 Å². The van der Waals surface area contributed by atoms with E-state index in [0.717, 1.165) is 16.7 Å². The zero-order valence-corrected chi connectivity index (χ0v) is 16.1. The molecule has 0 fully saturated rings. The van der Waals surface area contributed by atoms with Crippen LogP contribution in [-0.4, -0.2) is 23.4 Å². The molecule has 0 aliphatic carbocycles.